The minimum Gasteiger partial charge on any atom is -0.342 e. The van der Waals surface area contributed by atoms with Crippen molar-refractivity contribution in [3.05, 3.63) is 0 Å². The quantitative estimate of drug-likeness (QED) is 0.717. The van der Waals surface area contributed by atoms with E-state index in [1.807, 2.05) is 0 Å². The van der Waals surface area contributed by atoms with Crippen molar-refractivity contribution < 1.29 is 13.2 Å². The molecule has 1 aliphatic heterocycles. The first-order chi connectivity index (χ1) is 7.94. The summed E-state index contributed by atoms with van der Waals surface area (Å²) in [5.74, 6) is -0.00856. The van der Waals surface area contributed by atoms with E-state index < -0.39 is 10.0 Å². The van der Waals surface area contributed by atoms with Gasteiger partial charge in [0.15, 0.2) is 0 Å². The van der Waals surface area contributed by atoms with Gasteiger partial charge < -0.3 is 4.90 Å². The van der Waals surface area contributed by atoms with E-state index in [0.717, 1.165) is 25.9 Å². The first-order valence-electron chi connectivity index (χ1n) is 5.75. The monoisotopic (exact) mass is 282 g/mol. The van der Waals surface area contributed by atoms with Crippen LogP contribution in [0.15, 0.2) is 0 Å². The van der Waals surface area contributed by atoms with Crippen LogP contribution in [-0.2, 0) is 14.8 Å². The summed E-state index contributed by atoms with van der Waals surface area (Å²) in [7, 11) is -3.40. The molecule has 1 heterocycles. The number of likely N-dealkylation sites (tertiary alicyclic amines) is 1. The Kier molecular flexibility index (Phi) is 5.69. The maximum Gasteiger partial charge on any atom is 0.237 e. The van der Waals surface area contributed by atoms with Gasteiger partial charge in [-0.05, 0) is 18.8 Å². The Morgan fingerprint density at radius 2 is 2.00 bits per heavy atom. The average molecular weight is 283 g/mol. The molecular weight excluding hydrogens is 264 g/mol. The summed E-state index contributed by atoms with van der Waals surface area (Å²) >= 11 is 5.56. The van der Waals surface area contributed by atoms with Gasteiger partial charge in [-0.15, -0.1) is 11.6 Å². The maximum atomic E-state index is 11.6. The third kappa shape index (κ3) is 5.23. The zero-order valence-electron chi connectivity index (χ0n) is 9.99. The van der Waals surface area contributed by atoms with Crippen LogP contribution in [-0.4, -0.2) is 50.5 Å². The first-order valence-corrected chi connectivity index (χ1v) is 7.94. The highest BCUT2D eigenvalue weighted by atomic mass is 35.5. The van der Waals surface area contributed by atoms with Crippen LogP contribution in [0.3, 0.4) is 0 Å². The Morgan fingerprint density at radius 1 is 1.41 bits per heavy atom. The Morgan fingerprint density at radius 3 is 2.53 bits per heavy atom. The predicted octanol–water partition coefficient (Wildman–Crippen LogP) is 0.403. The molecule has 1 unspecified atom stereocenters. The molecule has 0 radical (unpaired) electrons. The van der Waals surface area contributed by atoms with Crippen molar-refractivity contribution in [3.8, 4) is 0 Å². The van der Waals surface area contributed by atoms with Crippen molar-refractivity contribution in [2.75, 3.05) is 31.3 Å². The zero-order valence-corrected chi connectivity index (χ0v) is 11.6. The molecule has 1 aliphatic rings. The van der Waals surface area contributed by atoms with Gasteiger partial charge in [0.1, 0.15) is 0 Å². The fraction of sp³-hybridized carbons (Fsp3) is 0.900. The number of hydrogen-bond donors (Lipinski definition) is 1. The largest absolute Gasteiger partial charge is 0.342 e. The lowest BCUT2D eigenvalue weighted by atomic mass is 10.3. The molecule has 0 bridgehead atoms. The number of hydrogen-bond acceptors (Lipinski definition) is 3. The van der Waals surface area contributed by atoms with E-state index in [-0.39, 0.29) is 24.1 Å². The number of nitrogens with one attached hydrogen (secondary N) is 1. The molecule has 1 amide bonds. The van der Waals surface area contributed by atoms with Crippen LogP contribution >= 0.6 is 11.6 Å². The van der Waals surface area contributed by atoms with Crippen molar-refractivity contribution >= 4 is 27.5 Å². The fourth-order valence-corrected chi connectivity index (χ4v) is 3.29. The molecule has 17 heavy (non-hydrogen) atoms. The summed E-state index contributed by atoms with van der Waals surface area (Å²) in [6.45, 7) is 3.09. The molecule has 1 atom stereocenters. The van der Waals surface area contributed by atoms with E-state index in [4.69, 9.17) is 11.6 Å². The normalized spacial score (nSPS) is 18.4. The summed E-state index contributed by atoms with van der Waals surface area (Å²) in [6, 6.07) is 0. The van der Waals surface area contributed by atoms with E-state index in [0.29, 0.717) is 5.88 Å². The first kappa shape index (κ1) is 14.7. The molecule has 0 aromatic heterocycles. The summed E-state index contributed by atoms with van der Waals surface area (Å²) < 4.78 is 25.5. The molecule has 0 aliphatic carbocycles. The molecule has 7 heteroatoms. The van der Waals surface area contributed by atoms with Crippen LogP contribution in [0.4, 0.5) is 0 Å². The lowest BCUT2D eigenvalue weighted by molar-refractivity contribution is -0.128. The summed E-state index contributed by atoms with van der Waals surface area (Å²) in [6.07, 6.45) is 2.00. The van der Waals surface area contributed by atoms with E-state index in [1.54, 1.807) is 11.8 Å². The maximum absolute atomic E-state index is 11.6. The lowest BCUT2D eigenvalue weighted by Gasteiger charge is -2.16. The van der Waals surface area contributed by atoms with Gasteiger partial charge in [-0.3, -0.25) is 4.79 Å². The molecule has 0 aromatic carbocycles. The highest BCUT2D eigenvalue weighted by molar-refractivity contribution is 7.89. The molecule has 1 rings (SSSR count). The Bertz CT molecular complexity index is 353. The Hall–Kier alpha value is -0.330. The number of halogens is 1. The van der Waals surface area contributed by atoms with E-state index >= 15 is 0 Å². The SMILES string of the molecule is CC(CCl)CS(=O)(=O)NCC(=O)N1CCCC1. The van der Waals surface area contributed by atoms with E-state index in [9.17, 15) is 13.2 Å². The number of nitrogens with zero attached hydrogens (tertiary/aromatic N) is 1. The molecule has 0 saturated carbocycles. The van der Waals surface area contributed by atoms with Gasteiger partial charge in [-0.25, -0.2) is 13.1 Å². The summed E-state index contributed by atoms with van der Waals surface area (Å²) in [5, 5.41) is 0. The second-order valence-corrected chi connectivity index (χ2v) is 6.61. The number of carbonyl (C=O) groups is 1. The molecule has 0 aromatic rings. The summed E-state index contributed by atoms with van der Waals surface area (Å²) in [5.41, 5.74) is 0. The van der Waals surface area contributed by atoms with Gasteiger partial charge >= 0.3 is 0 Å². The van der Waals surface area contributed by atoms with Crippen molar-refractivity contribution in [2.45, 2.75) is 19.8 Å². The zero-order chi connectivity index (χ0) is 12.9. The predicted molar refractivity (Wildman–Crippen MR) is 67.5 cm³/mol. The van der Waals surface area contributed by atoms with E-state index in [1.165, 1.54) is 0 Å². The van der Waals surface area contributed by atoms with Gasteiger partial charge in [0.2, 0.25) is 15.9 Å². The van der Waals surface area contributed by atoms with Gasteiger partial charge in [0.25, 0.3) is 0 Å². The highest BCUT2D eigenvalue weighted by Gasteiger charge is 2.21. The smallest absolute Gasteiger partial charge is 0.237 e. The van der Waals surface area contributed by atoms with E-state index in [2.05, 4.69) is 4.72 Å². The van der Waals surface area contributed by atoms with Crippen LogP contribution in [0, 0.1) is 5.92 Å². The number of amides is 1. The van der Waals surface area contributed by atoms with Gasteiger partial charge in [0, 0.05) is 19.0 Å². The second kappa shape index (κ2) is 6.56. The van der Waals surface area contributed by atoms with Crippen molar-refractivity contribution in [1.29, 1.82) is 0 Å². The van der Waals surface area contributed by atoms with Crippen LogP contribution in [0.25, 0.3) is 0 Å². The van der Waals surface area contributed by atoms with Gasteiger partial charge in [0.05, 0.1) is 12.3 Å². The average Bonchev–Trinajstić information content (AvgIpc) is 2.78. The second-order valence-electron chi connectivity index (χ2n) is 4.45. The number of carbonyl (C=O) groups excluding carboxylic acids is 1. The number of sulfonamides is 1. The molecule has 1 fully saturated rings. The standard InChI is InChI=1S/C10H19ClN2O3S/c1-9(6-11)8-17(15,16)12-7-10(14)13-4-2-3-5-13/h9,12H,2-8H2,1H3. The molecule has 5 nitrogen and oxygen atoms in total. The highest BCUT2D eigenvalue weighted by Crippen LogP contribution is 2.07. The van der Waals surface area contributed by atoms with Crippen molar-refractivity contribution in [3.63, 3.8) is 0 Å². The molecular formula is C10H19ClN2O3S. The molecule has 1 saturated heterocycles. The Balaban J connectivity index is 2.35. The minimum absolute atomic E-state index is 0.0379. The topological polar surface area (TPSA) is 66.5 Å². The summed E-state index contributed by atoms with van der Waals surface area (Å²) in [4.78, 5) is 13.3. The van der Waals surface area contributed by atoms with Crippen LogP contribution in [0.5, 0.6) is 0 Å². The molecule has 1 N–H and O–H groups in total. The third-order valence-electron chi connectivity index (χ3n) is 2.67. The fourth-order valence-electron chi connectivity index (χ4n) is 1.73. The van der Waals surface area contributed by atoms with Gasteiger partial charge in [-0.2, -0.15) is 0 Å². The van der Waals surface area contributed by atoms with Gasteiger partial charge in [-0.1, -0.05) is 6.92 Å². The number of alkyl halides is 1. The third-order valence-corrected chi connectivity index (χ3v) is 4.79. The van der Waals surface area contributed by atoms with Crippen LogP contribution < -0.4 is 4.72 Å². The molecule has 0 spiro atoms. The Labute approximate surface area is 108 Å². The van der Waals surface area contributed by atoms with Crippen LogP contribution in [0.2, 0.25) is 0 Å². The van der Waals surface area contributed by atoms with Crippen molar-refractivity contribution in [1.82, 2.24) is 9.62 Å². The molecule has 100 valence electrons. The van der Waals surface area contributed by atoms with Crippen molar-refractivity contribution in [2.24, 2.45) is 5.92 Å². The van der Waals surface area contributed by atoms with Crippen LogP contribution in [0.1, 0.15) is 19.8 Å². The minimum atomic E-state index is -3.40. The number of rotatable bonds is 6. The lowest BCUT2D eigenvalue weighted by Crippen LogP contribution is -2.40.